The summed E-state index contributed by atoms with van der Waals surface area (Å²) in [4.78, 5) is 5.38. The summed E-state index contributed by atoms with van der Waals surface area (Å²) in [5.74, 6) is 0. The number of benzene rings is 8. The third kappa shape index (κ3) is 6.05. The van der Waals surface area contributed by atoms with Crippen LogP contribution in [0.4, 0.5) is 34.1 Å². The average molecular weight is 954 g/mol. The zero-order chi connectivity index (χ0) is 49.7. The Kier molecular flexibility index (Phi) is 8.72. The fourth-order valence-corrected chi connectivity index (χ4v) is 13.6. The Hall–Kier alpha value is -7.02. The number of nitrogens with zero attached hydrogens (tertiary/aromatic N) is 3. The molecule has 0 amide bonds. The van der Waals surface area contributed by atoms with Crippen LogP contribution in [-0.2, 0) is 21.7 Å². The van der Waals surface area contributed by atoms with Gasteiger partial charge in [-0.3, -0.25) is 0 Å². The molecule has 11 aromatic rings. The largest absolute Gasteiger partial charge is 0.456 e. The fourth-order valence-electron chi connectivity index (χ4n) is 12.3. The molecule has 0 saturated carbocycles. The summed E-state index contributed by atoms with van der Waals surface area (Å²) in [6.07, 6.45) is 0. The summed E-state index contributed by atoms with van der Waals surface area (Å²) in [7, 11) is 0. The van der Waals surface area contributed by atoms with Gasteiger partial charge in [-0.2, -0.15) is 0 Å². The van der Waals surface area contributed by atoms with E-state index in [1.54, 1.807) is 0 Å². The highest BCUT2D eigenvalue weighted by molar-refractivity contribution is 7.33. The molecule has 6 heterocycles. The van der Waals surface area contributed by atoms with Crippen molar-refractivity contribution < 1.29 is 4.42 Å². The number of hydrogen-bond donors (Lipinski definition) is 0. The quantitative estimate of drug-likeness (QED) is 0.161. The van der Waals surface area contributed by atoms with Crippen LogP contribution in [0.5, 0.6) is 0 Å². The van der Waals surface area contributed by atoms with Crippen molar-refractivity contribution in [2.75, 3.05) is 9.80 Å². The molecular weight excluding hydrogens is 894 g/mol. The number of rotatable bonds is 2. The van der Waals surface area contributed by atoms with Crippen molar-refractivity contribution in [1.82, 2.24) is 4.57 Å². The normalized spacial score (nSPS) is 14.3. The minimum atomic E-state index is -0.172. The van der Waals surface area contributed by atoms with Crippen LogP contribution in [0.15, 0.2) is 150 Å². The molecule has 14 rings (SSSR count). The van der Waals surface area contributed by atoms with Gasteiger partial charge in [-0.1, -0.05) is 156 Å². The van der Waals surface area contributed by atoms with Gasteiger partial charge in [0.15, 0.2) is 0 Å². The highest BCUT2D eigenvalue weighted by Crippen LogP contribution is 2.57. The van der Waals surface area contributed by atoms with Gasteiger partial charge < -0.3 is 18.8 Å². The fraction of sp³-hybridized carbons (Fsp3) is 0.242. The van der Waals surface area contributed by atoms with E-state index in [4.69, 9.17) is 4.42 Å². The maximum Gasteiger partial charge on any atom is 0.264 e. The van der Waals surface area contributed by atoms with Gasteiger partial charge in [0.1, 0.15) is 11.2 Å². The van der Waals surface area contributed by atoms with Gasteiger partial charge in [0.2, 0.25) is 0 Å². The van der Waals surface area contributed by atoms with Crippen LogP contribution >= 0.6 is 11.3 Å². The molecule has 0 fully saturated rings. The Bertz CT molecular complexity index is 4160. The lowest BCUT2D eigenvalue weighted by Crippen LogP contribution is -2.61. The van der Waals surface area contributed by atoms with Crippen molar-refractivity contribution in [3.05, 3.63) is 168 Å². The molecule has 0 bridgehead atoms. The molecule has 4 nitrogen and oxygen atoms in total. The smallest absolute Gasteiger partial charge is 0.264 e. The standard InChI is InChI=1S/C66H60BN3OS/c1-63(2,3)39-26-27-48-44(30-39)45-31-40(64(4,5)6)35-52-59(45)68(48)53-36-41(65(7,8)9)32-47-61(53)70(52)51-34-42(66(10,11)12)33-50-58(51)67(47)62-60(46-29-38(25-28-56(46)72-62)37-19-14-13-15-20-37)69(50)49-22-18-24-55-57(49)43-21-16-17-23-54(43)71-55/h13-36H,1-12H3. The molecule has 3 aliphatic heterocycles. The maximum atomic E-state index is 6.73. The summed E-state index contributed by atoms with van der Waals surface area (Å²) in [5.41, 5.74) is 23.1. The van der Waals surface area contributed by atoms with Gasteiger partial charge in [-0.15, -0.1) is 11.3 Å². The van der Waals surface area contributed by atoms with Crippen LogP contribution in [0.3, 0.4) is 0 Å². The molecule has 3 aliphatic rings. The maximum absolute atomic E-state index is 6.73. The Morgan fingerprint density at radius 3 is 1.76 bits per heavy atom. The molecule has 72 heavy (non-hydrogen) atoms. The number of anilines is 6. The van der Waals surface area contributed by atoms with Crippen molar-refractivity contribution in [3.8, 4) is 16.8 Å². The van der Waals surface area contributed by atoms with Gasteiger partial charge in [0, 0.05) is 42.4 Å². The zero-order valence-electron chi connectivity index (χ0n) is 43.6. The summed E-state index contributed by atoms with van der Waals surface area (Å²) in [6.45, 7) is 28.4. The molecule has 0 N–H and O–H groups in total. The number of aromatic nitrogens is 1. The van der Waals surface area contributed by atoms with E-state index in [2.05, 4.69) is 243 Å². The second-order valence-electron chi connectivity index (χ2n) is 25.1. The highest BCUT2D eigenvalue weighted by Gasteiger charge is 2.49. The van der Waals surface area contributed by atoms with E-state index in [-0.39, 0.29) is 28.4 Å². The van der Waals surface area contributed by atoms with E-state index in [0.29, 0.717) is 0 Å². The number of fused-ring (bicyclic) bond motifs is 14. The van der Waals surface area contributed by atoms with Crippen LogP contribution in [0.25, 0.3) is 70.6 Å². The second kappa shape index (κ2) is 14.4. The Labute approximate surface area is 427 Å². The predicted molar refractivity (Wildman–Crippen MR) is 311 cm³/mol. The minimum Gasteiger partial charge on any atom is -0.456 e. The first-order valence-corrected chi connectivity index (χ1v) is 26.7. The predicted octanol–water partition coefficient (Wildman–Crippen LogP) is 17.2. The molecule has 3 aromatic heterocycles. The van der Waals surface area contributed by atoms with Crippen LogP contribution < -0.4 is 25.5 Å². The minimum absolute atomic E-state index is 0.00334. The second-order valence-corrected chi connectivity index (χ2v) is 26.1. The number of hydrogen-bond acceptors (Lipinski definition) is 4. The van der Waals surface area contributed by atoms with Crippen LogP contribution in [0.2, 0.25) is 0 Å². The Morgan fingerprint density at radius 2 is 1.04 bits per heavy atom. The van der Waals surface area contributed by atoms with Crippen LogP contribution in [0, 0.1) is 0 Å². The first-order chi connectivity index (χ1) is 34.2. The lowest BCUT2D eigenvalue weighted by Gasteiger charge is -2.47. The molecule has 0 saturated heterocycles. The van der Waals surface area contributed by atoms with Gasteiger partial charge in [-0.05, 0) is 139 Å². The molecule has 0 unspecified atom stereocenters. The van der Waals surface area contributed by atoms with E-state index in [1.165, 1.54) is 115 Å². The first kappa shape index (κ1) is 43.7. The number of furan rings is 1. The van der Waals surface area contributed by atoms with Gasteiger partial charge >= 0.3 is 0 Å². The van der Waals surface area contributed by atoms with Crippen molar-refractivity contribution in [2.24, 2.45) is 0 Å². The van der Waals surface area contributed by atoms with Crippen LogP contribution in [-0.4, -0.2) is 11.3 Å². The van der Waals surface area contributed by atoms with Crippen molar-refractivity contribution in [1.29, 1.82) is 0 Å². The monoisotopic (exact) mass is 953 g/mol. The Balaban J connectivity index is 1.19. The molecule has 0 radical (unpaired) electrons. The third-order valence-corrected chi connectivity index (χ3v) is 17.5. The van der Waals surface area contributed by atoms with E-state index < -0.39 is 0 Å². The van der Waals surface area contributed by atoms with E-state index >= 15 is 0 Å². The van der Waals surface area contributed by atoms with Gasteiger partial charge in [0.25, 0.3) is 6.71 Å². The summed E-state index contributed by atoms with van der Waals surface area (Å²) >= 11 is 1.97. The average Bonchev–Trinajstić information content (AvgIpc) is 4.02. The number of para-hydroxylation sites is 1. The van der Waals surface area contributed by atoms with Crippen molar-refractivity contribution in [2.45, 2.75) is 105 Å². The first-order valence-electron chi connectivity index (χ1n) is 25.9. The topological polar surface area (TPSA) is 24.6 Å². The third-order valence-electron chi connectivity index (χ3n) is 16.3. The molecule has 0 aliphatic carbocycles. The molecular formula is C66H60BN3OS. The van der Waals surface area contributed by atoms with Gasteiger partial charge in [-0.25, -0.2) is 0 Å². The van der Waals surface area contributed by atoms with Crippen molar-refractivity contribution in [3.63, 3.8) is 0 Å². The van der Waals surface area contributed by atoms with E-state index in [9.17, 15) is 0 Å². The summed E-state index contributed by atoms with van der Waals surface area (Å²) < 4.78 is 12.0. The highest BCUT2D eigenvalue weighted by atomic mass is 32.1. The zero-order valence-corrected chi connectivity index (χ0v) is 44.4. The SMILES string of the molecule is CC(C)(C)c1cc2c3c(c1)N1c4c(cc(C(C)(C)C)cc4-n4c5ccc(C(C)(C)C)cc5c5cc(C(C)(C)C)cc1c54)B3c1sc3ccc(-c4ccccc4)cc3c1N2c1cccc2oc3ccccc3c12. The lowest BCUT2D eigenvalue weighted by molar-refractivity contribution is 0.589. The molecule has 8 aromatic carbocycles. The Morgan fingerprint density at radius 1 is 0.431 bits per heavy atom. The molecule has 0 atom stereocenters. The summed E-state index contributed by atoms with van der Waals surface area (Å²) in [6, 6.07) is 55.9. The molecule has 6 heteroatoms. The molecule has 354 valence electrons. The van der Waals surface area contributed by atoms with E-state index in [0.717, 1.165) is 27.6 Å². The van der Waals surface area contributed by atoms with Gasteiger partial charge in [0.05, 0.1) is 44.9 Å². The summed E-state index contributed by atoms with van der Waals surface area (Å²) in [5, 5.41) is 6.16. The van der Waals surface area contributed by atoms with E-state index in [1.807, 2.05) is 11.3 Å². The lowest BCUT2D eigenvalue weighted by atomic mass is 9.35. The number of thiophene rings is 1. The molecule has 0 spiro atoms. The van der Waals surface area contributed by atoms with Crippen molar-refractivity contribution >= 4 is 122 Å². The van der Waals surface area contributed by atoms with Crippen LogP contribution in [0.1, 0.15) is 105 Å².